The molecule has 0 aliphatic heterocycles. The van der Waals surface area contributed by atoms with Gasteiger partial charge in [0.1, 0.15) is 12.1 Å². The molecule has 8 heteroatoms. The number of esters is 1. The summed E-state index contributed by atoms with van der Waals surface area (Å²) >= 11 is 0. The largest absolute Gasteiger partial charge is 0.467 e. The third-order valence-electron chi connectivity index (χ3n) is 4.32. The number of benzene rings is 2. The van der Waals surface area contributed by atoms with Gasteiger partial charge >= 0.3 is 5.97 Å². The van der Waals surface area contributed by atoms with Crippen LogP contribution in [0.5, 0.6) is 0 Å². The molecule has 0 bridgehead atoms. The van der Waals surface area contributed by atoms with Gasteiger partial charge in [-0.2, -0.15) is 0 Å². The number of carbonyl (C=O) groups excluding carboxylic acids is 2. The number of ether oxygens (including phenoxy) is 1. The van der Waals surface area contributed by atoms with Gasteiger partial charge in [0.15, 0.2) is 0 Å². The second-order valence-electron chi connectivity index (χ2n) is 6.74. The highest BCUT2D eigenvalue weighted by Crippen LogP contribution is 2.09. The van der Waals surface area contributed by atoms with E-state index in [1.165, 1.54) is 7.11 Å². The van der Waals surface area contributed by atoms with Crippen LogP contribution < -0.4 is 10.0 Å². The average molecular weight is 419 g/mol. The van der Waals surface area contributed by atoms with Crippen molar-refractivity contribution in [2.75, 3.05) is 13.4 Å². The van der Waals surface area contributed by atoms with Crippen molar-refractivity contribution in [2.24, 2.45) is 0 Å². The predicted octanol–water partition coefficient (Wildman–Crippen LogP) is 1.44. The molecule has 0 unspecified atom stereocenters. The first-order valence-corrected chi connectivity index (χ1v) is 11.1. The monoisotopic (exact) mass is 418 g/mol. The molecule has 2 N–H and O–H groups in total. The number of hydrogen-bond acceptors (Lipinski definition) is 5. The molecule has 0 radical (unpaired) electrons. The highest BCUT2D eigenvalue weighted by Gasteiger charge is 2.28. The van der Waals surface area contributed by atoms with Gasteiger partial charge in [-0.05, 0) is 24.0 Å². The number of carbonyl (C=O) groups is 2. The zero-order chi connectivity index (χ0) is 21.3. The van der Waals surface area contributed by atoms with Crippen molar-refractivity contribution in [1.29, 1.82) is 0 Å². The molecule has 156 valence electrons. The summed E-state index contributed by atoms with van der Waals surface area (Å²) < 4.78 is 30.6. The van der Waals surface area contributed by atoms with E-state index in [1.807, 2.05) is 60.7 Å². The molecule has 7 nitrogen and oxygen atoms in total. The number of sulfonamides is 1. The van der Waals surface area contributed by atoms with Gasteiger partial charge in [-0.1, -0.05) is 60.7 Å². The predicted molar refractivity (Wildman–Crippen MR) is 111 cm³/mol. The van der Waals surface area contributed by atoms with Crippen LogP contribution in [0.15, 0.2) is 60.7 Å². The van der Waals surface area contributed by atoms with Crippen molar-refractivity contribution in [3.8, 4) is 0 Å². The van der Waals surface area contributed by atoms with Gasteiger partial charge in [0.25, 0.3) is 0 Å². The molecule has 0 saturated heterocycles. The maximum absolute atomic E-state index is 12.8. The number of hydrogen-bond donors (Lipinski definition) is 2. The van der Waals surface area contributed by atoms with Crippen molar-refractivity contribution in [3.63, 3.8) is 0 Å². The summed E-state index contributed by atoms with van der Waals surface area (Å²) in [5.74, 6) is -1.17. The van der Waals surface area contributed by atoms with Crippen molar-refractivity contribution < 1.29 is 22.7 Å². The average Bonchev–Trinajstić information content (AvgIpc) is 2.70. The highest BCUT2D eigenvalue weighted by atomic mass is 32.2. The van der Waals surface area contributed by atoms with Crippen molar-refractivity contribution in [1.82, 2.24) is 10.0 Å². The van der Waals surface area contributed by atoms with Gasteiger partial charge in [0.05, 0.1) is 13.4 Å². The Bertz CT molecular complexity index is 901. The molecular formula is C21H26N2O5S. The first kappa shape index (κ1) is 22.6. The number of amides is 1. The lowest BCUT2D eigenvalue weighted by Gasteiger charge is -2.22. The number of aryl methyl sites for hydroxylation is 1. The second kappa shape index (κ2) is 10.7. The van der Waals surface area contributed by atoms with Crippen LogP contribution in [0.2, 0.25) is 0 Å². The van der Waals surface area contributed by atoms with Gasteiger partial charge in [0.2, 0.25) is 15.9 Å². The van der Waals surface area contributed by atoms with Crippen LogP contribution in [0.4, 0.5) is 0 Å². The molecule has 0 heterocycles. The Morgan fingerprint density at radius 2 is 1.48 bits per heavy atom. The lowest BCUT2D eigenvalue weighted by molar-refractivity contribution is -0.145. The topological polar surface area (TPSA) is 102 Å². The minimum atomic E-state index is -3.62. The Labute approximate surface area is 171 Å². The quantitative estimate of drug-likeness (QED) is 0.569. The lowest BCUT2D eigenvalue weighted by atomic mass is 10.0. The van der Waals surface area contributed by atoms with Crippen LogP contribution in [0.1, 0.15) is 17.5 Å². The first-order valence-electron chi connectivity index (χ1n) is 9.22. The van der Waals surface area contributed by atoms with E-state index in [9.17, 15) is 18.0 Å². The highest BCUT2D eigenvalue weighted by molar-refractivity contribution is 7.88. The molecule has 0 fully saturated rings. The van der Waals surface area contributed by atoms with Crippen LogP contribution in [0, 0.1) is 0 Å². The maximum Gasteiger partial charge on any atom is 0.328 e. The molecule has 1 amide bonds. The summed E-state index contributed by atoms with van der Waals surface area (Å²) in [7, 11) is -2.38. The lowest BCUT2D eigenvalue weighted by Crippen LogP contribution is -2.52. The van der Waals surface area contributed by atoms with E-state index in [1.54, 1.807) is 0 Å². The summed E-state index contributed by atoms with van der Waals surface area (Å²) in [5.41, 5.74) is 1.83. The van der Waals surface area contributed by atoms with E-state index < -0.39 is 34.0 Å². The molecule has 2 atom stereocenters. The summed E-state index contributed by atoms with van der Waals surface area (Å²) in [4.78, 5) is 25.0. The van der Waals surface area contributed by atoms with Crippen molar-refractivity contribution in [2.45, 2.75) is 31.3 Å². The van der Waals surface area contributed by atoms with Gasteiger partial charge in [0, 0.05) is 6.42 Å². The zero-order valence-electron chi connectivity index (χ0n) is 16.5. The van der Waals surface area contributed by atoms with Crippen LogP contribution in [0.3, 0.4) is 0 Å². The van der Waals surface area contributed by atoms with E-state index in [2.05, 4.69) is 10.0 Å². The van der Waals surface area contributed by atoms with Crippen LogP contribution >= 0.6 is 0 Å². The second-order valence-corrected chi connectivity index (χ2v) is 8.52. The minimum Gasteiger partial charge on any atom is -0.467 e. The number of nitrogens with one attached hydrogen (secondary N) is 2. The fourth-order valence-electron chi connectivity index (χ4n) is 2.92. The van der Waals surface area contributed by atoms with E-state index in [0.717, 1.165) is 17.4 Å². The Hall–Kier alpha value is -2.71. The fourth-order valence-corrected chi connectivity index (χ4v) is 3.66. The third kappa shape index (κ3) is 8.05. The molecule has 0 aliphatic rings. The summed E-state index contributed by atoms with van der Waals surface area (Å²) in [6.45, 7) is 0. The molecule has 0 aliphatic carbocycles. The van der Waals surface area contributed by atoms with Gasteiger partial charge in [-0.25, -0.2) is 17.9 Å². The molecule has 2 rings (SSSR count). The smallest absolute Gasteiger partial charge is 0.328 e. The van der Waals surface area contributed by atoms with E-state index in [-0.39, 0.29) is 12.8 Å². The van der Waals surface area contributed by atoms with Gasteiger partial charge < -0.3 is 10.1 Å². The SMILES string of the molecule is COC(=O)[C@H](Cc1ccccc1)NC(=O)[C@@H](CCc1ccccc1)NS(C)(=O)=O. The first-order chi connectivity index (χ1) is 13.8. The fraction of sp³-hybridized carbons (Fsp3) is 0.333. The third-order valence-corrected chi connectivity index (χ3v) is 5.03. The van der Waals surface area contributed by atoms with Gasteiger partial charge in [-0.15, -0.1) is 0 Å². The number of methoxy groups -OCH3 is 1. The van der Waals surface area contributed by atoms with Crippen LogP contribution in [-0.4, -0.2) is 45.7 Å². The maximum atomic E-state index is 12.8. The normalized spacial score (nSPS) is 13.3. The summed E-state index contributed by atoms with van der Waals surface area (Å²) in [5, 5.41) is 2.63. The summed E-state index contributed by atoms with van der Waals surface area (Å²) in [6.07, 6.45) is 1.99. The van der Waals surface area contributed by atoms with Crippen LogP contribution in [0.25, 0.3) is 0 Å². The number of rotatable bonds is 10. The molecule has 0 spiro atoms. The van der Waals surface area contributed by atoms with E-state index in [4.69, 9.17) is 4.74 Å². The molecule has 0 saturated carbocycles. The van der Waals surface area contributed by atoms with E-state index >= 15 is 0 Å². The van der Waals surface area contributed by atoms with Gasteiger partial charge in [-0.3, -0.25) is 4.79 Å². The van der Waals surface area contributed by atoms with Crippen molar-refractivity contribution >= 4 is 21.9 Å². The molecular weight excluding hydrogens is 392 g/mol. The Morgan fingerprint density at radius 1 is 0.931 bits per heavy atom. The molecule has 2 aromatic rings. The Balaban J connectivity index is 2.12. The van der Waals surface area contributed by atoms with E-state index in [0.29, 0.717) is 6.42 Å². The summed E-state index contributed by atoms with van der Waals surface area (Å²) in [6, 6.07) is 16.7. The molecule has 0 aromatic heterocycles. The molecule has 29 heavy (non-hydrogen) atoms. The minimum absolute atomic E-state index is 0.240. The standard InChI is InChI=1S/C21H26N2O5S/c1-28-21(25)19(15-17-11-7-4-8-12-17)22-20(24)18(23-29(2,26)27)14-13-16-9-5-3-6-10-16/h3-12,18-19,23H,13-15H2,1-2H3,(H,22,24)/t18-,19+/m1/s1. The van der Waals surface area contributed by atoms with Crippen LogP contribution in [-0.2, 0) is 37.2 Å². The zero-order valence-corrected chi connectivity index (χ0v) is 17.3. The Kier molecular flexibility index (Phi) is 8.35. The Morgan fingerprint density at radius 3 is 2.00 bits per heavy atom. The molecule has 2 aromatic carbocycles. The van der Waals surface area contributed by atoms with Crippen molar-refractivity contribution in [3.05, 3.63) is 71.8 Å².